The normalized spacial score (nSPS) is 15.4. The number of nitrogens with one attached hydrogen (secondary N) is 1. The molecule has 132 valence electrons. The van der Waals surface area contributed by atoms with Crippen molar-refractivity contribution in [2.24, 2.45) is 0 Å². The van der Waals surface area contributed by atoms with Crippen LogP contribution in [0.25, 0.3) is 0 Å². The Kier molecular flexibility index (Phi) is 5.16. The predicted molar refractivity (Wildman–Crippen MR) is 98.1 cm³/mol. The molecule has 0 saturated carbocycles. The highest BCUT2D eigenvalue weighted by Crippen LogP contribution is 2.29. The second-order valence-corrected chi connectivity index (χ2v) is 6.86. The number of carbonyl (C=O) groups is 1. The Morgan fingerprint density at radius 2 is 1.92 bits per heavy atom. The van der Waals surface area contributed by atoms with Crippen molar-refractivity contribution >= 4 is 23.1 Å². The van der Waals surface area contributed by atoms with Gasteiger partial charge in [-0.05, 0) is 37.3 Å². The Bertz CT molecular complexity index is 786. The lowest BCUT2D eigenvalue weighted by molar-refractivity contribution is -0.892. The molecule has 1 saturated heterocycles. The highest BCUT2D eigenvalue weighted by atomic mass is 35.5. The van der Waals surface area contributed by atoms with Crippen LogP contribution in [0.15, 0.2) is 36.4 Å². The summed E-state index contributed by atoms with van der Waals surface area (Å²) < 4.78 is 0. The minimum Gasteiger partial charge on any atom is -0.508 e. The number of rotatable bonds is 4. The Hall–Kier alpha value is -2.24. The number of benzene rings is 2. The third kappa shape index (κ3) is 3.89. The van der Waals surface area contributed by atoms with Crippen molar-refractivity contribution in [3.63, 3.8) is 0 Å². The first-order valence-electron chi connectivity index (χ1n) is 8.34. The molecule has 0 radical (unpaired) electrons. The molecule has 2 aromatic carbocycles. The van der Waals surface area contributed by atoms with Gasteiger partial charge in [-0.2, -0.15) is 0 Å². The van der Waals surface area contributed by atoms with E-state index >= 15 is 0 Å². The Balaban J connectivity index is 1.61. The van der Waals surface area contributed by atoms with E-state index in [1.165, 1.54) is 17.0 Å². The first kappa shape index (κ1) is 17.6. The molecule has 1 fully saturated rings. The summed E-state index contributed by atoms with van der Waals surface area (Å²) in [6.45, 7) is 5.32. The van der Waals surface area contributed by atoms with Gasteiger partial charge in [0.2, 0.25) is 5.78 Å². The number of nitrogens with zero attached hydrogens (tertiary/aromatic N) is 1. The maximum absolute atomic E-state index is 12.5. The van der Waals surface area contributed by atoms with E-state index in [4.69, 9.17) is 11.6 Å². The van der Waals surface area contributed by atoms with Crippen LogP contribution in [0.3, 0.4) is 0 Å². The maximum Gasteiger partial charge on any atom is 0.220 e. The van der Waals surface area contributed by atoms with Crippen LogP contribution in [0.4, 0.5) is 5.69 Å². The second kappa shape index (κ2) is 7.33. The molecule has 3 N–H and O–H groups in total. The average molecular weight is 362 g/mol. The number of aromatic hydroxyl groups is 2. The fraction of sp³-hybridized carbons (Fsp3) is 0.316. The van der Waals surface area contributed by atoms with Crippen LogP contribution < -0.4 is 9.80 Å². The van der Waals surface area contributed by atoms with Crippen molar-refractivity contribution in [2.75, 3.05) is 37.6 Å². The molecule has 0 unspecified atom stereocenters. The zero-order valence-corrected chi connectivity index (χ0v) is 14.9. The van der Waals surface area contributed by atoms with Gasteiger partial charge in [0.05, 0.1) is 31.7 Å². The van der Waals surface area contributed by atoms with E-state index in [9.17, 15) is 15.0 Å². The smallest absolute Gasteiger partial charge is 0.220 e. The molecule has 3 rings (SSSR count). The largest absolute Gasteiger partial charge is 0.508 e. The van der Waals surface area contributed by atoms with Crippen molar-refractivity contribution in [1.29, 1.82) is 0 Å². The van der Waals surface area contributed by atoms with Gasteiger partial charge < -0.3 is 20.0 Å². The van der Waals surface area contributed by atoms with Crippen LogP contribution in [0.5, 0.6) is 11.5 Å². The number of Topliss-reactive ketones (excluding diaryl/α,β-unsaturated/α-hetero) is 1. The monoisotopic (exact) mass is 361 g/mol. The highest BCUT2D eigenvalue weighted by Gasteiger charge is 2.25. The van der Waals surface area contributed by atoms with Crippen LogP contribution in [0, 0.1) is 6.92 Å². The zero-order chi connectivity index (χ0) is 18.0. The molecule has 0 amide bonds. The lowest BCUT2D eigenvalue weighted by atomic mass is 10.0. The lowest BCUT2D eigenvalue weighted by Crippen LogP contribution is -3.15. The summed E-state index contributed by atoms with van der Waals surface area (Å²) in [7, 11) is 0. The highest BCUT2D eigenvalue weighted by molar-refractivity contribution is 6.30. The number of halogens is 1. The first-order valence-corrected chi connectivity index (χ1v) is 8.72. The Morgan fingerprint density at radius 1 is 1.20 bits per heavy atom. The third-order valence-corrected chi connectivity index (χ3v) is 4.99. The summed E-state index contributed by atoms with van der Waals surface area (Å²) in [5.41, 5.74) is 1.72. The molecule has 0 spiro atoms. The minimum absolute atomic E-state index is 0.00321. The van der Waals surface area contributed by atoms with Crippen molar-refractivity contribution in [3.8, 4) is 11.5 Å². The molecule has 1 heterocycles. The number of ketones is 1. The van der Waals surface area contributed by atoms with Crippen LogP contribution in [0.2, 0.25) is 5.02 Å². The van der Waals surface area contributed by atoms with E-state index in [0.717, 1.165) is 36.9 Å². The van der Waals surface area contributed by atoms with Crippen molar-refractivity contribution in [1.82, 2.24) is 0 Å². The number of quaternary nitrogens is 1. The van der Waals surface area contributed by atoms with Crippen molar-refractivity contribution in [3.05, 3.63) is 52.5 Å². The topological polar surface area (TPSA) is 65.2 Å². The molecule has 0 atom stereocenters. The molecule has 25 heavy (non-hydrogen) atoms. The van der Waals surface area contributed by atoms with Gasteiger partial charge in [-0.15, -0.1) is 0 Å². The number of carbonyl (C=O) groups excluding carboxylic acids is 1. The molecule has 0 aliphatic carbocycles. The number of phenols is 2. The zero-order valence-electron chi connectivity index (χ0n) is 14.1. The average Bonchev–Trinajstić information content (AvgIpc) is 2.60. The summed E-state index contributed by atoms with van der Waals surface area (Å²) in [5.74, 6) is -0.231. The van der Waals surface area contributed by atoms with E-state index in [2.05, 4.69) is 4.90 Å². The summed E-state index contributed by atoms with van der Waals surface area (Å²) in [6, 6.07) is 10.7. The Morgan fingerprint density at radius 3 is 2.60 bits per heavy atom. The van der Waals surface area contributed by atoms with E-state index in [1.807, 2.05) is 24.3 Å². The van der Waals surface area contributed by atoms with Crippen LogP contribution >= 0.6 is 11.6 Å². The number of anilines is 1. The van der Waals surface area contributed by atoms with Crippen molar-refractivity contribution in [2.45, 2.75) is 6.92 Å². The molecule has 0 aromatic heterocycles. The van der Waals surface area contributed by atoms with E-state index < -0.39 is 0 Å². The maximum atomic E-state index is 12.5. The van der Waals surface area contributed by atoms with Gasteiger partial charge in [-0.1, -0.05) is 17.7 Å². The molecule has 6 heteroatoms. The van der Waals surface area contributed by atoms with Crippen molar-refractivity contribution < 1.29 is 19.9 Å². The standard InChI is InChI=1S/C19H21ClN2O3/c1-13-17(23)6-5-16(19(13)25)18(24)12-21-7-9-22(10-8-21)15-4-2-3-14(20)11-15/h2-6,11,23,25H,7-10,12H2,1H3/p+1. The van der Waals surface area contributed by atoms with Gasteiger partial charge in [-0.3, -0.25) is 4.79 Å². The Labute approximate surface area is 152 Å². The molecule has 2 aromatic rings. The summed E-state index contributed by atoms with van der Waals surface area (Å²) in [5, 5.41) is 20.4. The number of hydrogen-bond donors (Lipinski definition) is 3. The van der Waals surface area contributed by atoms with Gasteiger partial charge >= 0.3 is 0 Å². The summed E-state index contributed by atoms with van der Waals surface area (Å²) >= 11 is 6.05. The minimum atomic E-state index is -0.123. The van der Waals surface area contributed by atoms with E-state index in [0.29, 0.717) is 12.1 Å². The fourth-order valence-corrected chi connectivity index (χ4v) is 3.35. The fourth-order valence-electron chi connectivity index (χ4n) is 3.17. The first-order chi connectivity index (χ1) is 12.0. The molecule has 0 bridgehead atoms. The van der Waals surface area contributed by atoms with Crippen LogP contribution in [-0.4, -0.2) is 48.7 Å². The molecular weight excluding hydrogens is 340 g/mol. The van der Waals surface area contributed by atoms with Gasteiger partial charge in [-0.25, -0.2) is 0 Å². The number of hydrogen-bond acceptors (Lipinski definition) is 4. The van der Waals surface area contributed by atoms with E-state index in [1.54, 1.807) is 6.92 Å². The molecule has 1 aliphatic rings. The van der Waals surface area contributed by atoms with Gasteiger partial charge in [0.15, 0.2) is 0 Å². The van der Waals surface area contributed by atoms with Gasteiger partial charge in [0.1, 0.15) is 18.0 Å². The van der Waals surface area contributed by atoms with Crippen LogP contribution in [0.1, 0.15) is 15.9 Å². The quantitative estimate of drug-likeness (QED) is 0.724. The summed E-state index contributed by atoms with van der Waals surface area (Å²) in [6.07, 6.45) is 0. The lowest BCUT2D eigenvalue weighted by Gasteiger charge is -2.33. The van der Waals surface area contributed by atoms with E-state index in [-0.39, 0.29) is 22.8 Å². The summed E-state index contributed by atoms with van der Waals surface area (Å²) in [4.78, 5) is 16.0. The molecule has 1 aliphatic heterocycles. The second-order valence-electron chi connectivity index (χ2n) is 6.42. The molecule has 5 nitrogen and oxygen atoms in total. The number of phenolic OH excluding ortho intramolecular Hbond substituents is 2. The molecular formula is C19H22ClN2O3+. The van der Waals surface area contributed by atoms with Crippen LogP contribution in [-0.2, 0) is 0 Å². The number of piperazine rings is 1. The van der Waals surface area contributed by atoms with Gasteiger partial charge in [0.25, 0.3) is 0 Å². The SMILES string of the molecule is Cc1c(O)ccc(C(=O)C[NH+]2CCN(c3cccc(Cl)c3)CC2)c1O. The predicted octanol–water partition coefficient (Wildman–Crippen LogP) is 1.65. The third-order valence-electron chi connectivity index (χ3n) is 4.76. The van der Waals surface area contributed by atoms with Gasteiger partial charge in [0, 0.05) is 16.3 Å².